The van der Waals surface area contributed by atoms with Crippen molar-refractivity contribution in [2.45, 2.75) is 77.4 Å². The summed E-state index contributed by atoms with van der Waals surface area (Å²) in [5, 5.41) is 7.08. The van der Waals surface area contributed by atoms with Gasteiger partial charge in [0.2, 0.25) is 0 Å². The first-order chi connectivity index (χ1) is 12.8. The molecule has 0 aromatic heterocycles. The molecule has 27 heavy (non-hydrogen) atoms. The van der Waals surface area contributed by atoms with Crippen LogP contribution in [0.2, 0.25) is 0 Å². The maximum absolute atomic E-state index is 11.7. The molecule has 2 heterocycles. The van der Waals surface area contributed by atoms with Gasteiger partial charge in [0.1, 0.15) is 0 Å². The Morgan fingerprint density at radius 2 is 1.93 bits per heavy atom. The minimum absolute atomic E-state index is 0.157. The molecule has 6 nitrogen and oxygen atoms in total. The fourth-order valence-corrected chi connectivity index (χ4v) is 6.15. The summed E-state index contributed by atoms with van der Waals surface area (Å²) in [6.45, 7) is 6.89. The van der Waals surface area contributed by atoms with E-state index in [9.17, 15) is 8.42 Å². The number of nitrogens with zero attached hydrogens (tertiary/aromatic N) is 1. The second kappa shape index (κ2) is 9.12. The van der Waals surface area contributed by atoms with Gasteiger partial charge in [0, 0.05) is 25.7 Å². The zero-order chi connectivity index (χ0) is 19.3. The molecule has 7 heteroatoms. The van der Waals surface area contributed by atoms with Gasteiger partial charge in [-0.25, -0.2) is 8.42 Å². The van der Waals surface area contributed by atoms with Crippen LogP contribution in [0.5, 0.6) is 0 Å². The molecule has 3 rings (SSSR count). The molecule has 3 aliphatic rings. The molecular weight excluding hydrogens is 362 g/mol. The lowest BCUT2D eigenvalue weighted by Crippen LogP contribution is -2.48. The Morgan fingerprint density at radius 1 is 1.15 bits per heavy atom. The number of sulfone groups is 1. The molecule has 2 saturated heterocycles. The Kier molecular flexibility index (Phi) is 7.06. The number of nitrogens with one attached hydrogen (secondary N) is 2. The molecule has 0 amide bonds. The van der Waals surface area contributed by atoms with Crippen LogP contribution in [0.3, 0.4) is 0 Å². The van der Waals surface area contributed by atoms with E-state index < -0.39 is 9.84 Å². The van der Waals surface area contributed by atoms with E-state index in [1.54, 1.807) is 0 Å². The van der Waals surface area contributed by atoms with Crippen LogP contribution in [0.25, 0.3) is 0 Å². The summed E-state index contributed by atoms with van der Waals surface area (Å²) in [5.41, 5.74) is 0.442. The highest BCUT2D eigenvalue weighted by molar-refractivity contribution is 7.91. The van der Waals surface area contributed by atoms with Gasteiger partial charge in [0.15, 0.2) is 15.8 Å². The number of hydrogen-bond acceptors (Lipinski definition) is 4. The number of hydrogen-bond donors (Lipinski definition) is 2. The minimum atomic E-state index is -2.84. The van der Waals surface area contributed by atoms with Crippen molar-refractivity contribution in [3.05, 3.63) is 0 Å². The van der Waals surface area contributed by atoms with Crippen molar-refractivity contribution >= 4 is 15.8 Å². The SMILES string of the molecule is CC1(C)CCC(NC(=NCC2CCS(=O)(=O)C2)NCC2CCCCO2)CC1. The number of aliphatic imine (C=N–C) groups is 1. The lowest BCUT2D eigenvalue weighted by molar-refractivity contribution is 0.0194. The van der Waals surface area contributed by atoms with Crippen LogP contribution in [0.15, 0.2) is 4.99 Å². The van der Waals surface area contributed by atoms with E-state index in [4.69, 9.17) is 9.73 Å². The van der Waals surface area contributed by atoms with E-state index in [1.165, 1.54) is 19.3 Å². The largest absolute Gasteiger partial charge is 0.376 e. The number of ether oxygens (including phenoxy) is 1. The second-order valence-corrected chi connectivity index (χ2v) is 11.6. The van der Waals surface area contributed by atoms with Crippen LogP contribution < -0.4 is 10.6 Å². The first kappa shape index (κ1) is 20.9. The van der Waals surface area contributed by atoms with Crippen LogP contribution in [-0.2, 0) is 14.6 Å². The van der Waals surface area contributed by atoms with Gasteiger partial charge in [0.05, 0.1) is 17.6 Å². The van der Waals surface area contributed by atoms with Crippen LogP contribution >= 0.6 is 0 Å². The zero-order valence-corrected chi connectivity index (χ0v) is 17.8. The first-order valence-corrected chi connectivity index (χ1v) is 12.5. The quantitative estimate of drug-likeness (QED) is 0.548. The average Bonchev–Trinajstić information content (AvgIpc) is 2.99. The summed E-state index contributed by atoms with van der Waals surface area (Å²) in [6.07, 6.45) is 9.24. The summed E-state index contributed by atoms with van der Waals surface area (Å²) in [7, 11) is -2.84. The van der Waals surface area contributed by atoms with Crippen molar-refractivity contribution in [3.63, 3.8) is 0 Å². The summed E-state index contributed by atoms with van der Waals surface area (Å²) < 4.78 is 29.2. The lowest BCUT2D eigenvalue weighted by atomic mass is 9.75. The highest BCUT2D eigenvalue weighted by Gasteiger charge is 2.29. The standard InChI is InChI=1S/C20H37N3O3S/c1-20(2)9-6-17(7-10-20)23-19(22-14-18-5-3-4-11-26-18)21-13-16-8-12-27(24,25)15-16/h16-18H,3-15H2,1-2H3,(H2,21,22,23). The van der Waals surface area contributed by atoms with E-state index in [2.05, 4.69) is 24.5 Å². The Hall–Kier alpha value is -0.820. The highest BCUT2D eigenvalue weighted by Crippen LogP contribution is 2.35. The third-order valence-electron chi connectivity index (χ3n) is 6.29. The van der Waals surface area contributed by atoms with Crippen LogP contribution in [0.1, 0.15) is 65.2 Å². The Labute approximate surface area is 164 Å². The van der Waals surface area contributed by atoms with Gasteiger partial charge in [-0.2, -0.15) is 0 Å². The Bertz CT molecular complexity index is 602. The third-order valence-corrected chi connectivity index (χ3v) is 8.12. The van der Waals surface area contributed by atoms with Crippen molar-refractivity contribution in [2.75, 3.05) is 31.2 Å². The molecule has 1 aliphatic carbocycles. The number of rotatable bonds is 5. The van der Waals surface area contributed by atoms with Crippen molar-refractivity contribution < 1.29 is 13.2 Å². The molecule has 0 bridgehead atoms. The van der Waals surface area contributed by atoms with E-state index in [-0.39, 0.29) is 17.8 Å². The van der Waals surface area contributed by atoms with Crippen molar-refractivity contribution in [3.8, 4) is 0 Å². The molecule has 3 fully saturated rings. The predicted octanol–water partition coefficient (Wildman–Crippen LogP) is 2.49. The fourth-order valence-electron chi connectivity index (χ4n) is 4.30. The lowest BCUT2D eigenvalue weighted by Gasteiger charge is -2.35. The van der Waals surface area contributed by atoms with Crippen LogP contribution in [-0.4, -0.2) is 57.7 Å². The summed E-state index contributed by atoms with van der Waals surface area (Å²) in [6, 6.07) is 0.448. The molecule has 2 aliphatic heterocycles. The topological polar surface area (TPSA) is 79.8 Å². The van der Waals surface area contributed by atoms with Crippen molar-refractivity contribution in [1.82, 2.24) is 10.6 Å². The summed E-state index contributed by atoms with van der Waals surface area (Å²) in [4.78, 5) is 4.76. The van der Waals surface area contributed by atoms with Gasteiger partial charge >= 0.3 is 0 Å². The van der Waals surface area contributed by atoms with Gasteiger partial charge in [-0.05, 0) is 62.7 Å². The minimum Gasteiger partial charge on any atom is -0.376 e. The van der Waals surface area contributed by atoms with E-state index >= 15 is 0 Å². The predicted molar refractivity (Wildman–Crippen MR) is 110 cm³/mol. The monoisotopic (exact) mass is 399 g/mol. The molecule has 2 unspecified atom stereocenters. The third kappa shape index (κ3) is 6.93. The average molecular weight is 400 g/mol. The Morgan fingerprint density at radius 3 is 2.56 bits per heavy atom. The molecule has 0 radical (unpaired) electrons. The second-order valence-electron chi connectivity index (χ2n) is 9.41. The fraction of sp³-hybridized carbons (Fsp3) is 0.950. The molecule has 0 aromatic rings. The molecular formula is C20H37N3O3S. The van der Waals surface area contributed by atoms with Crippen LogP contribution in [0.4, 0.5) is 0 Å². The smallest absolute Gasteiger partial charge is 0.191 e. The molecule has 1 saturated carbocycles. The first-order valence-electron chi connectivity index (χ1n) is 10.7. The maximum Gasteiger partial charge on any atom is 0.191 e. The Balaban J connectivity index is 1.54. The normalized spacial score (nSPS) is 31.6. The van der Waals surface area contributed by atoms with Crippen LogP contribution in [0, 0.1) is 11.3 Å². The summed E-state index contributed by atoms with van der Waals surface area (Å²) in [5.74, 6) is 1.59. The van der Waals surface area contributed by atoms with E-state index in [0.29, 0.717) is 23.8 Å². The van der Waals surface area contributed by atoms with Crippen molar-refractivity contribution in [1.29, 1.82) is 0 Å². The van der Waals surface area contributed by atoms with Gasteiger partial charge in [-0.15, -0.1) is 0 Å². The molecule has 0 aromatic carbocycles. The van der Waals surface area contributed by atoms with E-state index in [1.807, 2.05) is 0 Å². The van der Waals surface area contributed by atoms with Gasteiger partial charge < -0.3 is 15.4 Å². The van der Waals surface area contributed by atoms with Crippen molar-refractivity contribution in [2.24, 2.45) is 16.3 Å². The molecule has 0 spiro atoms. The van der Waals surface area contributed by atoms with E-state index in [0.717, 1.165) is 51.2 Å². The van der Waals surface area contributed by atoms with Gasteiger partial charge in [0.25, 0.3) is 0 Å². The summed E-state index contributed by atoms with van der Waals surface area (Å²) >= 11 is 0. The zero-order valence-electron chi connectivity index (χ0n) is 17.0. The number of guanidine groups is 1. The molecule has 2 atom stereocenters. The molecule has 156 valence electrons. The maximum atomic E-state index is 11.7. The molecule has 2 N–H and O–H groups in total. The highest BCUT2D eigenvalue weighted by atomic mass is 32.2. The van der Waals surface area contributed by atoms with Gasteiger partial charge in [-0.1, -0.05) is 13.8 Å². The van der Waals surface area contributed by atoms with Gasteiger partial charge in [-0.3, -0.25) is 4.99 Å².